The molecule has 2 aromatic heterocycles. The lowest BCUT2D eigenvalue weighted by atomic mass is 9.93. The summed E-state index contributed by atoms with van der Waals surface area (Å²) in [7, 11) is -3.63. The molecule has 0 aliphatic carbocycles. The zero-order valence-electron chi connectivity index (χ0n) is 22.7. The number of fused-ring (bicyclic) bond motifs is 5. The van der Waals surface area contributed by atoms with Crippen LogP contribution in [0.25, 0.3) is 21.0 Å². The highest BCUT2D eigenvalue weighted by Gasteiger charge is 2.25. The van der Waals surface area contributed by atoms with Crippen LogP contribution in [0, 0.1) is 5.92 Å². The van der Waals surface area contributed by atoms with Crippen LogP contribution in [-0.4, -0.2) is 74.7 Å². The van der Waals surface area contributed by atoms with Crippen LogP contribution in [0.5, 0.6) is 0 Å². The highest BCUT2D eigenvalue weighted by molar-refractivity contribution is 7.92. The smallest absolute Gasteiger partial charge is 0.234 e. The Kier molecular flexibility index (Phi) is 8.25. The van der Waals surface area contributed by atoms with Gasteiger partial charge in [-0.2, -0.15) is 0 Å². The molecule has 2 fully saturated rings. The summed E-state index contributed by atoms with van der Waals surface area (Å²) in [5, 5.41) is 10.0. The predicted molar refractivity (Wildman–Crippen MR) is 161 cm³/mol. The van der Waals surface area contributed by atoms with E-state index < -0.39 is 16.6 Å². The molecular weight excluding hydrogens is 546 g/mol. The quantitative estimate of drug-likeness (QED) is 0.459. The van der Waals surface area contributed by atoms with E-state index >= 15 is 0 Å². The van der Waals surface area contributed by atoms with Gasteiger partial charge in [-0.25, -0.2) is 18.4 Å². The number of hydrogen-bond donors (Lipinski definition) is 2. The number of aliphatic hydroxyl groups is 1. The number of piperidine rings is 2. The van der Waals surface area contributed by atoms with E-state index in [0.29, 0.717) is 11.6 Å². The summed E-state index contributed by atoms with van der Waals surface area (Å²) in [5.74, 6) is 1.35. The molecule has 4 aliphatic rings. The number of thiazole rings is 1. The van der Waals surface area contributed by atoms with Crippen LogP contribution in [0.2, 0.25) is 0 Å². The van der Waals surface area contributed by atoms with E-state index in [1.807, 2.05) is 30.6 Å². The van der Waals surface area contributed by atoms with Crippen LogP contribution in [0.1, 0.15) is 38.5 Å². The van der Waals surface area contributed by atoms with Gasteiger partial charge in [0.2, 0.25) is 10.0 Å². The first-order chi connectivity index (χ1) is 19.5. The van der Waals surface area contributed by atoms with E-state index in [0.717, 1.165) is 84.6 Å². The molecule has 1 unspecified atom stereocenters. The second-order valence-corrected chi connectivity index (χ2v) is 13.8. The van der Waals surface area contributed by atoms with Crippen molar-refractivity contribution >= 4 is 38.6 Å². The van der Waals surface area contributed by atoms with Crippen LogP contribution in [-0.2, 0) is 14.8 Å². The van der Waals surface area contributed by atoms with Crippen molar-refractivity contribution in [2.45, 2.75) is 44.6 Å². The molecule has 8 bridgehead atoms. The zero-order chi connectivity index (χ0) is 27.5. The van der Waals surface area contributed by atoms with Gasteiger partial charge in [-0.1, -0.05) is 0 Å². The molecule has 0 radical (unpaired) electrons. The fourth-order valence-electron chi connectivity index (χ4n) is 6.06. The van der Waals surface area contributed by atoms with Crippen molar-refractivity contribution in [3.63, 3.8) is 0 Å². The van der Waals surface area contributed by atoms with Crippen LogP contribution < -0.4 is 14.5 Å². The third kappa shape index (κ3) is 6.27. The molecule has 6 heterocycles. The Labute approximate surface area is 240 Å². The summed E-state index contributed by atoms with van der Waals surface area (Å²) in [5.41, 5.74) is 3.53. The number of ether oxygens (including phenoxy) is 1. The van der Waals surface area contributed by atoms with Crippen molar-refractivity contribution < 1.29 is 18.3 Å². The first-order valence-electron chi connectivity index (χ1n) is 14.3. The Bertz CT molecular complexity index is 1420. The fraction of sp³-hybridized carbons (Fsp3) is 0.517. The first-order valence-corrected chi connectivity index (χ1v) is 16.7. The minimum absolute atomic E-state index is 0.244. The van der Waals surface area contributed by atoms with E-state index in [2.05, 4.69) is 20.6 Å². The second kappa shape index (κ2) is 12.0. The minimum Gasteiger partial charge on any atom is -0.395 e. The third-order valence-corrected chi connectivity index (χ3v) is 10.5. The van der Waals surface area contributed by atoms with Gasteiger partial charge in [-0.05, 0) is 80.3 Å². The normalized spacial score (nSPS) is 21.7. The van der Waals surface area contributed by atoms with Gasteiger partial charge in [0.15, 0.2) is 0 Å². The number of aliphatic hydroxyl groups excluding tert-OH is 1. The van der Waals surface area contributed by atoms with Crippen LogP contribution in [0.4, 0.5) is 17.2 Å². The molecule has 1 aromatic carbocycles. The van der Waals surface area contributed by atoms with Crippen molar-refractivity contribution in [1.82, 2.24) is 9.97 Å². The van der Waals surface area contributed by atoms with E-state index in [1.54, 1.807) is 17.4 Å². The van der Waals surface area contributed by atoms with Crippen molar-refractivity contribution in [3.8, 4) is 21.0 Å². The Hall–Kier alpha value is -2.73. The maximum Gasteiger partial charge on any atom is 0.234 e. The SMILES string of the molecule is O=S(=O)(CCO)Nc1ccc2c(c1)N1CCC(CC1)OCCCC1CCCN(C1)c1cc(ccn1)-c1cnc-2s1. The maximum absolute atomic E-state index is 12.4. The third-order valence-electron chi connectivity index (χ3n) is 8.13. The maximum atomic E-state index is 12.4. The molecule has 1 atom stereocenters. The van der Waals surface area contributed by atoms with Crippen molar-refractivity contribution in [1.29, 1.82) is 0 Å². The van der Waals surface area contributed by atoms with Crippen molar-refractivity contribution in [3.05, 3.63) is 42.7 Å². The number of sulfonamides is 1. The van der Waals surface area contributed by atoms with E-state index in [4.69, 9.17) is 19.8 Å². The summed E-state index contributed by atoms with van der Waals surface area (Å²) in [4.78, 5) is 15.4. The molecule has 4 aliphatic heterocycles. The van der Waals surface area contributed by atoms with E-state index in [1.165, 1.54) is 19.3 Å². The van der Waals surface area contributed by atoms with Gasteiger partial charge in [0.1, 0.15) is 10.8 Å². The number of benzene rings is 1. The standard InChI is InChI=1S/C29H37N5O4S2/c35-14-16-40(36,37)32-23-5-6-25-26(18-23)33-12-8-24(9-13-33)38-15-2-4-21-3-1-11-34(20-21)28-17-22(7-10-30-28)27-19-31-29(25)39-27/h5-7,10,17-19,21,24,32,35H,1-4,8-9,11-16,20H2. The number of hydrogen-bond acceptors (Lipinski definition) is 9. The number of nitrogens with zero attached hydrogens (tertiary/aromatic N) is 4. The molecule has 7 rings (SSSR count). The average molecular weight is 584 g/mol. The Morgan fingerprint density at radius 1 is 1.02 bits per heavy atom. The largest absolute Gasteiger partial charge is 0.395 e. The number of pyridine rings is 1. The summed E-state index contributed by atoms with van der Waals surface area (Å²) in [6.07, 6.45) is 10.6. The number of aromatic nitrogens is 2. The van der Waals surface area contributed by atoms with E-state index in [9.17, 15) is 8.42 Å². The first kappa shape index (κ1) is 27.4. The Morgan fingerprint density at radius 2 is 1.88 bits per heavy atom. The Morgan fingerprint density at radius 3 is 2.73 bits per heavy atom. The number of rotatable bonds is 4. The average Bonchev–Trinajstić information content (AvgIpc) is 3.46. The second-order valence-electron chi connectivity index (χ2n) is 11.0. The van der Waals surface area contributed by atoms with Crippen LogP contribution in [0.3, 0.4) is 0 Å². The lowest BCUT2D eigenvalue weighted by molar-refractivity contribution is 0.0330. The summed E-state index contributed by atoms with van der Waals surface area (Å²) in [6, 6.07) is 9.85. The van der Waals surface area contributed by atoms with Gasteiger partial charge < -0.3 is 19.6 Å². The molecule has 2 saturated heterocycles. The van der Waals surface area contributed by atoms with Gasteiger partial charge in [0, 0.05) is 56.4 Å². The van der Waals surface area contributed by atoms with Crippen LogP contribution >= 0.6 is 11.3 Å². The summed E-state index contributed by atoms with van der Waals surface area (Å²) >= 11 is 1.64. The molecule has 2 N–H and O–H groups in total. The number of nitrogens with one attached hydrogen (secondary N) is 1. The highest BCUT2D eigenvalue weighted by Crippen LogP contribution is 2.40. The molecule has 0 spiro atoms. The fourth-order valence-corrected chi connectivity index (χ4v) is 7.83. The molecule has 11 heteroatoms. The minimum atomic E-state index is -3.63. The lowest BCUT2D eigenvalue weighted by Gasteiger charge is -2.35. The molecule has 214 valence electrons. The monoisotopic (exact) mass is 583 g/mol. The van der Waals surface area contributed by atoms with Crippen molar-refractivity contribution in [2.24, 2.45) is 5.92 Å². The van der Waals surface area contributed by atoms with Gasteiger partial charge in [0.25, 0.3) is 0 Å². The number of anilines is 3. The molecule has 40 heavy (non-hydrogen) atoms. The zero-order valence-corrected chi connectivity index (χ0v) is 24.3. The van der Waals surface area contributed by atoms with Crippen molar-refractivity contribution in [2.75, 3.05) is 59.7 Å². The molecule has 0 amide bonds. The Balaban J connectivity index is 1.37. The molecule has 3 aromatic rings. The molecule has 9 nitrogen and oxygen atoms in total. The van der Waals surface area contributed by atoms with Gasteiger partial charge in [0.05, 0.1) is 29.0 Å². The van der Waals surface area contributed by atoms with Crippen LogP contribution in [0.15, 0.2) is 42.7 Å². The van der Waals surface area contributed by atoms with E-state index in [-0.39, 0.29) is 11.9 Å². The summed E-state index contributed by atoms with van der Waals surface area (Å²) in [6.45, 7) is 4.10. The topological polar surface area (TPSA) is 108 Å². The molecule has 0 saturated carbocycles. The predicted octanol–water partition coefficient (Wildman–Crippen LogP) is 4.60. The lowest BCUT2D eigenvalue weighted by Crippen LogP contribution is -2.37. The molecular formula is C29H37N5O4S2. The highest BCUT2D eigenvalue weighted by atomic mass is 32.2. The summed E-state index contributed by atoms with van der Waals surface area (Å²) < 4.78 is 33.7. The van der Waals surface area contributed by atoms with Gasteiger partial charge >= 0.3 is 0 Å². The van der Waals surface area contributed by atoms with Gasteiger partial charge in [-0.15, -0.1) is 11.3 Å². The van der Waals surface area contributed by atoms with Gasteiger partial charge in [-0.3, -0.25) is 4.72 Å².